The molecule has 2 aromatic carbocycles. The first-order valence-electron chi connectivity index (χ1n) is 8.80. The number of amides is 1. The van der Waals surface area contributed by atoms with Crippen molar-refractivity contribution in [2.45, 2.75) is 36.7 Å². The Labute approximate surface area is 157 Å². The number of carbonyl (C=O) groups is 1. The Kier molecular flexibility index (Phi) is 4.45. The van der Waals surface area contributed by atoms with Crippen LogP contribution in [0, 0.1) is 0 Å². The molecule has 3 N–H and O–H groups in total. The fourth-order valence-corrected chi connectivity index (χ4v) is 4.17. The second-order valence-corrected chi connectivity index (χ2v) is 8.47. The Hall–Kier alpha value is -2.71. The van der Waals surface area contributed by atoms with Crippen LogP contribution in [0.2, 0.25) is 0 Å². The van der Waals surface area contributed by atoms with Crippen LogP contribution in [0.4, 0.5) is 0 Å². The summed E-state index contributed by atoms with van der Waals surface area (Å²) >= 11 is 0. The van der Waals surface area contributed by atoms with E-state index in [1.807, 2.05) is 31.2 Å². The van der Waals surface area contributed by atoms with E-state index in [1.165, 1.54) is 12.1 Å². The normalized spacial score (nSPS) is 15.6. The quantitative estimate of drug-likeness (QED) is 0.607. The molecule has 0 spiro atoms. The Morgan fingerprint density at radius 3 is 2.70 bits per heavy atom. The molecule has 1 saturated carbocycles. The van der Waals surface area contributed by atoms with E-state index in [0.717, 1.165) is 23.9 Å². The Morgan fingerprint density at radius 2 is 1.96 bits per heavy atom. The number of sulfonamides is 1. The molecule has 27 heavy (non-hydrogen) atoms. The van der Waals surface area contributed by atoms with Crippen LogP contribution in [0.3, 0.4) is 0 Å². The molecule has 8 heteroatoms. The van der Waals surface area contributed by atoms with Gasteiger partial charge in [0.15, 0.2) is 0 Å². The number of aromatic nitrogens is 2. The molecule has 0 aliphatic heterocycles. The monoisotopic (exact) mass is 384 g/mol. The van der Waals surface area contributed by atoms with Gasteiger partial charge in [-0.15, -0.1) is 0 Å². The fourth-order valence-electron chi connectivity index (χ4n) is 2.82. The van der Waals surface area contributed by atoms with Crippen LogP contribution in [0.5, 0.6) is 0 Å². The molecule has 1 atom stereocenters. The lowest BCUT2D eigenvalue weighted by atomic mass is 10.2. The van der Waals surface area contributed by atoms with Gasteiger partial charge in [-0.1, -0.05) is 18.2 Å². The number of benzene rings is 2. The number of fused-ring (bicyclic) bond motifs is 1. The molecule has 1 heterocycles. The van der Waals surface area contributed by atoms with Crippen LogP contribution in [0.25, 0.3) is 11.0 Å². The number of imidazole rings is 1. The van der Waals surface area contributed by atoms with Gasteiger partial charge in [-0.2, -0.15) is 0 Å². The van der Waals surface area contributed by atoms with Crippen molar-refractivity contribution in [3.8, 4) is 0 Å². The average molecular weight is 384 g/mol. The average Bonchev–Trinajstić information content (AvgIpc) is 3.34. The summed E-state index contributed by atoms with van der Waals surface area (Å²) in [6, 6.07) is 13.3. The number of nitrogens with zero attached hydrogens (tertiary/aromatic N) is 1. The fraction of sp³-hybridized carbons (Fsp3) is 0.263. The van der Waals surface area contributed by atoms with E-state index in [0.29, 0.717) is 5.82 Å². The van der Waals surface area contributed by atoms with E-state index in [2.05, 4.69) is 20.0 Å². The zero-order valence-electron chi connectivity index (χ0n) is 14.8. The number of hydrogen-bond donors (Lipinski definition) is 3. The summed E-state index contributed by atoms with van der Waals surface area (Å²) in [5, 5.41) is 2.86. The maximum atomic E-state index is 12.6. The summed E-state index contributed by atoms with van der Waals surface area (Å²) in [5.74, 6) is 0.287. The first kappa shape index (κ1) is 17.7. The van der Waals surface area contributed by atoms with Crippen LogP contribution < -0.4 is 10.0 Å². The van der Waals surface area contributed by atoms with Crippen molar-refractivity contribution < 1.29 is 13.2 Å². The zero-order chi connectivity index (χ0) is 19.0. The van der Waals surface area contributed by atoms with Crippen molar-refractivity contribution in [2.24, 2.45) is 0 Å². The van der Waals surface area contributed by atoms with Gasteiger partial charge in [0.05, 0.1) is 22.0 Å². The van der Waals surface area contributed by atoms with Crippen LogP contribution in [0.1, 0.15) is 42.0 Å². The molecule has 1 aliphatic rings. The molecule has 0 saturated heterocycles. The van der Waals surface area contributed by atoms with E-state index < -0.39 is 10.0 Å². The van der Waals surface area contributed by atoms with Gasteiger partial charge in [0.1, 0.15) is 5.82 Å². The SMILES string of the molecule is CC(NC(=O)c1cccc(S(=O)(=O)NC2CC2)c1)c1nc2ccccc2[nH]1. The third-order valence-corrected chi connectivity index (χ3v) is 5.99. The molecule has 1 unspecified atom stereocenters. The number of rotatable bonds is 6. The first-order chi connectivity index (χ1) is 12.9. The van der Waals surface area contributed by atoms with Crippen LogP contribution in [-0.2, 0) is 10.0 Å². The minimum Gasteiger partial charge on any atom is -0.342 e. The molecule has 1 amide bonds. The number of nitrogens with one attached hydrogen (secondary N) is 3. The lowest BCUT2D eigenvalue weighted by Crippen LogP contribution is -2.28. The van der Waals surface area contributed by atoms with Crippen molar-refractivity contribution in [1.29, 1.82) is 0 Å². The summed E-state index contributed by atoms with van der Waals surface area (Å²) in [7, 11) is -3.60. The van der Waals surface area contributed by atoms with Crippen molar-refractivity contribution in [3.05, 3.63) is 59.9 Å². The lowest BCUT2D eigenvalue weighted by Gasteiger charge is -2.12. The minimum atomic E-state index is -3.60. The van der Waals surface area contributed by atoms with Gasteiger partial charge < -0.3 is 10.3 Å². The van der Waals surface area contributed by atoms with Gasteiger partial charge in [-0.3, -0.25) is 4.79 Å². The highest BCUT2D eigenvalue weighted by Gasteiger charge is 2.28. The van der Waals surface area contributed by atoms with Gasteiger partial charge in [-0.05, 0) is 50.1 Å². The third kappa shape index (κ3) is 3.86. The van der Waals surface area contributed by atoms with Crippen molar-refractivity contribution in [2.75, 3.05) is 0 Å². The van der Waals surface area contributed by atoms with E-state index in [4.69, 9.17) is 0 Å². The molecule has 3 aromatic rings. The number of hydrogen-bond acceptors (Lipinski definition) is 4. The molecule has 1 fully saturated rings. The van der Waals surface area contributed by atoms with Gasteiger partial charge >= 0.3 is 0 Å². The summed E-state index contributed by atoms with van der Waals surface area (Å²) in [6.07, 6.45) is 1.71. The molecule has 0 radical (unpaired) electrons. The summed E-state index contributed by atoms with van der Waals surface area (Å²) in [6.45, 7) is 1.82. The molecular formula is C19H20N4O3S. The highest BCUT2D eigenvalue weighted by molar-refractivity contribution is 7.89. The molecule has 1 aliphatic carbocycles. The Bertz CT molecular complexity index is 1070. The van der Waals surface area contributed by atoms with E-state index in [9.17, 15) is 13.2 Å². The minimum absolute atomic E-state index is 0.0144. The highest BCUT2D eigenvalue weighted by Crippen LogP contribution is 2.23. The Morgan fingerprint density at radius 1 is 1.19 bits per heavy atom. The molecule has 7 nitrogen and oxygen atoms in total. The lowest BCUT2D eigenvalue weighted by molar-refractivity contribution is 0.0938. The van der Waals surface area contributed by atoms with E-state index >= 15 is 0 Å². The largest absolute Gasteiger partial charge is 0.342 e. The van der Waals surface area contributed by atoms with Crippen LogP contribution in [0.15, 0.2) is 53.4 Å². The van der Waals surface area contributed by atoms with Crippen LogP contribution >= 0.6 is 0 Å². The smallest absolute Gasteiger partial charge is 0.251 e. The van der Waals surface area contributed by atoms with Gasteiger partial charge in [0.25, 0.3) is 5.91 Å². The number of aromatic amines is 1. The summed E-state index contributed by atoms with van der Waals surface area (Å²) in [5.41, 5.74) is 2.01. The molecule has 4 rings (SSSR count). The third-order valence-electron chi connectivity index (χ3n) is 4.47. The summed E-state index contributed by atoms with van der Waals surface area (Å²) in [4.78, 5) is 20.3. The molecular weight excluding hydrogens is 364 g/mol. The topological polar surface area (TPSA) is 104 Å². The maximum Gasteiger partial charge on any atom is 0.251 e. The van der Waals surface area contributed by atoms with Crippen LogP contribution in [-0.4, -0.2) is 30.3 Å². The van der Waals surface area contributed by atoms with Gasteiger partial charge in [0.2, 0.25) is 10.0 Å². The second kappa shape index (κ2) is 6.79. The summed E-state index contributed by atoms with van der Waals surface area (Å²) < 4.78 is 27.3. The molecule has 140 valence electrons. The van der Waals surface area contributed by atoms with Gasteiger partial charge in [0, 0.05) is 11.6 Å². The second-order valence-electron chi connectivity index (χ2n) is 6.76. The predicted molar refractivity (Wildman–Crippen MR) is 102 cm³/mol. The Balaban J connectivity index is 1.51. The van der Waals surface area contributed by atoms with E-state index in [1.54, 1.807) is 12.1 Å². The number of H-pyrrole nitrogens is 1. The standard InChI is InChI=1S/C19H20N4O3S/c1-12(18-21-16-7-2-3-8-17(16)22-18)20-19(24)13-5-4-6-15(11-13)27(25,26)23-14-9-10-14/h2-8,11-12,14,23H,9-10H2,1H3,(H,20,24)(H,21,22). The molecule has 1 aromatic heterocycles. The van der Waals surface area contributed by atoms with Crippen molar-refractivity contribution >= 4 is 27.0 Å². The van der Waals surface area contributed by atoms with Gasteiger partial charge in [-0.25, -0.2) is 18.1 Å². The molecule has 0 bridgehead atoms. The number of para-hydroxylation sites is 2. The predicted octanol–water partition coefficient (Wildman–Crippen LogP) is 2.49. The van der Waals surface area contributed by atoms with Crippen molar-refractivity contribution in [1.82, 2.24) is 20.0 Å². The zero-order valence-corrected chi connectivity index (χ0v) is 15.6. The van der Waals surface area contributed by atoms with Crippen molar-refractivity contribution in [3.63, 3.8) is 0 Å². The first-order valence-corrected chi connectivity index (χ1v) is 10.3. The highest BCUT2D eigenvalue weighted by atomic mass is 32.2. The maximum absolute atomic E-state index is 12.6. The van der Waals surface area contributed by atoms with E-state index in [-0.39, 0.29) is 28.4 Å². The number of carbonyl (C=O) groups excluding carboxylic acids is 1.